The molecule has 1 unspecified atom stereocenters. The Labute approximate surface area is 193 Å². The van der Waals surface area contributed by atoms with Gasteiger partial charge in [-0.2, -0.15) is 14.5 Å². The summed E-state index contributed by atoms with van der Waals surface area (Å²) in [5.74, 6) is 0.680. The number of benzene rings is 2. The number of hydrogen-bond donors (Lipinski definition) is 1. The van der Waals surface area contributed by atoms with Crippen LogP contribution >= 0.6 is 0 Å². The van der Waals surface area contributed by atoms with Gasteiger partial charge in [0.05, 0.1) is 29.9 Å². The molecule has 0 radical (unpaired) electrons. The molecule has 2 aromatic carbocycles. The second-order valence-corrected chi connectivity index (χ2v) is 11.0. The fraction of sp³-hybridized carbons (Fsp3) is 0.333. The Morgan fingerprint density at radius 1 is 1.15 bits per heavy atom. The van der Waals surface area contributed by atoms with Gasteiger partial charge in [-0.3, -0.25) is 9.78 Å². The minimum absolute atomic E-state index is 0.150. The van der Waals surface area contributed by atoms with Gasteiger partial charge in [0.25, 0.3) is 0 Å². The van der Waals surface area contributed by atoms with Crippen molar-refractivity contribution in [3.8, 4) is 16.9 Å². The molecule has 3 heterocycles. The molecular formula is C24H27N5O3S. The van der Waals surface area contributed by atoms with Crippen LogP contribution in [0.3, 0.4) is 0 Å². The molecule has 0 spiro atoms. The van der Waals surface area contributed by atoms with E-state index in [9.17, 15) is 8.42 Å². The lowest BCUT2D eigenvalue weighted by atomic mass is 9.97. The summed E-state index contributed by atoms with van der Waals surface area (Å²) in [5.41, 5.74) is 2.65. The maximum absolute atomic E-state index is 13.5. The quantitative estimate of drug-likeness (QED) is 0.466. The van der Waals surface area contributed by atoms with Gasteiger partial charge in [-0.1, -0.05) is 12.1 Å². The largest absolute Gasteiger partial charge is 0.497 e. The predicted octanol–water partition coefficient (Wildman–Crippen LogP) is 3.92. The highest BCUT2D eigenvalue weighted by atomic mass is 32.2. The molecule has 172 valence electrons. The molecule has 5 rings (SSSR count). The highest BCUT2D eigenvalue weighted by Gasteiger charge is 2.45. The van der Waals surface area contributed by atoms with Crippen LogP contribution in [0.5, 0.6) is 5.75 Å². The standard InChI is InChI=1S/C24H27N5O3S/c1-24(2)11-17(16-29(24)33(30,31)22-6-4-5-21(10-22)32-3)15-28-23-8-7-18(9-19(23)14-27-28)20-12-25-26-13-20/h4-10,12-14,17H,11,15-16H2,1-3H3,(H,25,26). The van der Waals surface area contributed by atoms with Gasteiger partial charge in [-0.05, 0) is 56.0 Å². The van der Waals surface area contributed by atoms with Crippen molar-refractivity contribution < 1.29 is 13.2 Å². The van der Waals surface area contributed by atoms with E-state index in [0.29, 0.717) is 18.8 Å². The third kappa shape index (κ3) is 3.91. The SMILES string of the molecule is COc1cccc(S(=O)(=O)N2CC(Cn3ncc4cc(-c5cn[nH]c5)ccc43)CC2(C)C)c1. The smallest absolute Gasteiger partial charge is 0.243 e. The van der Waals surface area contributed by atoms with Gasteiger partial charge in [-0.25, -0.2) is 8.42 Å². The Morgan fingerprint density at radius 2 is 2.00 bits per heavy atom. The van der Waals surface area contributed by atoms with Crippen molar-refractivity contribution in [3.63, 3.8) is 0 Å². The number of rotatable bonds is 6. The normalized spacial score (nSPS) is 18.7. The molecule has 2 aromatic heterocycles. The summed E-state index contributed by atoms with van der Waals surface area (Å²) in [6, 6.07) is 12.9. The molecule has 1 fully saturated rings. The zero-order valence-corrected chi connectivity index (χ0v) is 19.7. The Morgan fingerprint density at radius 3 is 2.76 bits per heavy atom. The minimum atomic E-state index is -3.65. The topological polar surface area (TPSA) is 93.1 Å². The third-order valence-corrected chi connectivity index (χ3v) is 8.49. The summed E-state index contributed by atoms with van der Waals surface area (Å²) in [6.45, 7) is 5.08. The number of H-pyrrole nitrogens is 1. The summed E-state index contributed by atoms with van der Waals surface area (Å²) < 4.78 is 35.8. The number of sulfonamides is 1. The lowest BCUT2D eigenvalue weighted by molar-refractivity contribution is 0.291. The molecule has 1 saturated heterocycles. The van der Waals surface area contributed by atoms with Gasteiger partial charge in [0.15, 0.2) is 0 Å². The lowest BCUT2D eigenvalue weighted by Gasteiger charge is -2.30. The number of nitrogens with zero attached hydrogens (tertiary/aromatic N) is 4. The van der Waals surface area contributed by atoms with Gasteiger partial charge in [0.2, 0.25) is 10.0 Å². The van der Waals surface area contributed by atoms with Crippen molar-refractivity contribution in [2.75, 3.05) is 13.7 Å². The van der Waals surface area contributed by atoms with Gasteiger partial charge in [0, 0.05) is 41.8 Å². The number of fused-ring (bicyclic) bond motifs is 1. The summed E-state index contributed by atoms with van der Waals surface area (Å²) in [4.78, 5) is 0.256. The summed E-state index contributed by atoms with van der Waals surface area (Å²) in [7, 11) is -2.11. The van der Waals surface area contributed by atoms with Crippen LogP contribution in [-0.2, 0) is 16.6 Å². The van der Waals surface area contributed by atoms with Crippen LogP contribution in [0.15, 0.2) is 66.0 Å². The van der Waals surface area contributed by atoms with E-state index in [1.54, 1.807) is 34.8 Å². The van der Waals surface area contributed by atoms with E-state index in [-0.39, 0.29) is 10.8 Å². The predicted molar refractivity (Wildman–Crippen MR) is 126 cm³/mol. The van der Waals surface area contributed by atoms with E-state index in [1.807, 2.05) is 30.9 Å². The Balaban J connectivity index is 1.39. The second-order valence-electron chi connectivity index (χ2n) is 9.18. The van der Waals surface area contributed by atoms with Crippen LogP contribution < -0.4 is 4.74 Å². The van der Waals surface area contributed by atoms with E-state index in [0.717, 1.165) is 28.5 Å². The Kier molecular flexibility index (Phi) is 5.25. The van der Waals surface area contributed by atoms with Crippen LogP contribution in [0.4, 0.5) is 0 Å². The first kappa shape index (κ1) is 21.7. The molecule has 1 aliphatic heterocycles. The van der Waals surface area contributed by atoms with E-state index >= 15 is 0 Å². The van der Waals surface area contributed by atoms with Crippen molar-refractivity contribution in [3.05, 3.63) is 61.1 Å². The van der Waals surface area contributed by atoms with Crippen LogP contribution in [0.2, 0.25) is 0 Å². The van der Waals surface area contributed by atoms with Gasteiger partial charge in [-0.15, -0.1) is 0 Å². The van der Waals surface area contributed by atoms with Crippen molar-refractivity contribution in [1.82, 2.24) is 24.3 Å². The van der Waals surface area contributed by atoms with Crippen LogP contribution in [0, 0.1) is 5.92 Å². The van der Waals surface area contributed by atoms with Crippen molar-refractivity contribution in [2.45, 2.75) is 37.2 Å². The van der Waals surface area contributed by atoms with E-state index in [2.05, 4.69) is 33.5 Å². The highest BCUT2D eigenvalue weighted by molar-refractivity contribution is 7.89. The van der Waals surface area contributed by atoms with E-state index < -0.39 is 15.6 Å². The van der Waals surface area contributed by atoms with Gasteiger partial charge in [0.1, 0.15) is 5.75 Å². The monoisotopic (exact) mass is 465 g/mol. The zero-order valence-electron chi connectivity index (χ0n) is 18.9. The molecule has 4 aromatic rings. The zero-order chi connectivity index (χ0) is 23.2. The molecule has 0 aliphatic carbocycles. The number of aromatic amines is 1. The third-order valence-electron chi connectivity index (χ3n) is 6.42. The molecule has 0 amide bonds. The highest BCUT2D eigenvalue weighted by Crippen LogP contribution is 2.38. The maximum Gasteiger partial charge on any atom is 0.243 e. The van der Waals surface area contributed by atoms with E-state index in [4.69, 9.17) is 4.74 Å². The van der Waals surface area contributed by atoms with Gasteiger partial charge >= 0.3 is 0 Å². The summed E-state index contributed by atoms with van der Waals surface area (Å²) in [6.07, 6.45) is 6.28. The molecule has 9 heteroatoms. The average Bonchev–Trinajstić information content (AvgIpc) is 3.53. The first-order chi connectivity index (χ1) is 15.8. The second kappa shape index (κ2) is 8.00. The number of nitrogens with one attached hydrogen (secondary N) is 1. The number of hydrogen-bond acceptors (Lipinski definition) is 5. The van der Waals surface area contributed by atoms with Gasteiger partial charge < -0.3 is 4.74 Å². The summed E-state index contributed by atoms with van der Waals surface area (Å²) in [5, 5.41) is 12.5. The molecule has 1 aliphatic rings. The Bertz CT molecular complexity index is 1390. The van der Waals surface area contributed by atoms with Crippen LogP contribution in [0.25, 0.3) is 22.0 Å². The first-order valence-electron chi connectivity index (χ1n) is 10.9. The molecule has 33 heavy (non-hydrogen) atoms. The molecule has 8 nitrogen and oxygen atoms in total. The summed E-state index contributed by atoms with van der Waals surface area (Å²) >= 11 is 0. The number of ether oxygens (including phenoxy) is 1. The molecule has 0 bridgehead atoms. The van der Waals surface area contributed by atoms with E-state index in [1.165, 1.54) is 7.11 Å². The number of aromatic nitrogens is 4. The van der Waals surface area contributed by atoms with Crippen molar-refractivity contribution >= 4 is 20.9 Å². The lowest BCUT2D eigenvalue weighted by Crippen LogP contribution is -2.42. The number of methoxy groups -OCH3 is 1. The minimum Gasteiger partial charge on any atom is -0.497 e. The first-order valence-corrected chi connectivity index (χ1v) is 12.3. The maximum atomic E-state index is 13.5. The fourth-order valence-corrected chi connectivity index (χ4v) is 6.76. The van der Waals surface area contributed by atoms with Crippen molar-refractivity contribution in [2.24, 2.45) is 5.92 Å². The molecule has 1 atom stereocenters. The van der Waals surface area contributed by atoms with Crippen LogP contribution in [-0.4, -0.2) is 51.9 Å². The molecular weight excluding hydrogens is 438 g/mol. The van der Waals surface area contributed by atoms with Crippen LogP contribution in [0.1, 0.15) is 20.3 Å². The fourth-order valence-electron chi connectivity index (χ4n) is 4.85. The average molecular weight is 466 g/mol. The molecule has 0 saturated carbocycles. The molecule has 1 N–H and O–H groups in total. The van der Waals surface area contributed by atoms with Crippen molar-refractivity contribution in [1.29, 1.82) is 0 Å². The Hall–Kier alpha value is -3.17.